The van der Waals surface area contributed by atoms with Gasteiger partial charge in [0.05, 0.1) is 15.8 Å². The topological polar surface area (TPSA) is 108 Å². The molecule has 0 radical (unpaired) electrons. The number of carbonyl (C=O) groups is 2. The van der Waals surface area contributed by atoms with E-state index < -0.39 is 10.0 Å². The Bertz CT molecular complexity index is 1060. The minimum Gasteiger partial charge on any atom is -0.338 e. The number of sulfonamides is 1. The fraction of sp³-hybridized carbons (Fsp3) is 0.409. The molecule has 0 aliphatic carbocycles. The van der Waals surface area contributed by atoms with Gasteiger partial charge in [-0.1, -0.05) is 18.5 Å². The SMILES string of the molecule is CCC(C)NS(=O)(=O)c1ccc(C(=O)N2CCCC(C(=O)Nc3ccc(Cl)cn3)C2)cc1. The Morgan fingerprint density at radius 1 is 1.22 bits per heavy atom. The van der Waals surface area contributed by atoms with Gasteiger partial charge in [0.2, 0.25) is 15.9 Å². The molecule has 172 valence electrons. The van der Waals surface area contributed by atoms with Crippen molar-refractivity contribution in [1.82, 2.24) is 14.6 Å². The number of piperidine rings is 1. The summed E-state index contributed by atoms with van der Waals surface area (Å²) < 4.78 is 27.4. The molecule has 1 aliphatic heterocycles. The zero-order chi connectivity index (χ0) is 23.3. The number of nitrogens with zero attached hydrogens (tertiary/aromatic N) is 2. The smallest absolute Gasteiger partial charge is 0.253 e. The van der Waals surface area contributed by atoms with Crippen LogP contribution in [0.1, 0.15) is 43.5 Å². The van der Waals surface area contributed by atoms with Crippen LogP contribution in [-0.4, -0.2) is 49.2 Å². The zero-order valence-corrected chi connectivity index (χ0v) is 19.6. The molecule has 10 heteroatoms. The molecule has 1 aromatic carbocycles. The van der Waals surface area contributed by atoms with Gasteiger partial charge >= 0.3 is 0 Å². The van der Waals surface area contributed by atoms with E-state index in [1.807, 2.05) is 6.92 Å². The molecule has 0 spiro atoms. The molecule has 2 aromatic rings. The van der Waals surface area contributed by atoms with Crippen molar-refractivity contribution in [2.75, 3.05) is 18.4 Å². The van der Waals surface area contributed by atoms with E-state index in [0.717, 1.165) is 0 Å². The highest BCUT2D eigenvalue weighted by molar-refractivity contribution is 7.89. The predicted molar refractivity (Wildman–Crippen MR) is 123 cm³/mol. The molecule has 1 aliphatic rings. The molecule has 0 bridgehead atoms. The predicted octanol–water partition coefficient (Wildman–Crippen LogP) is 3.30. The van der Waals surface area contributed by atoms with Crippen LogP contribution in [-0.2, 0) is 14.8 Å². The molecule has 2 heterocycles. The van der Waals surface area contributed by atoms with Crippen LogP contribution in [0.4, 0.5) is 5.82 Å². The maximum atomic E-state index is 13.0. The normalized spacial score (nSPS) is 17.6. The number of pyridine rings is 1. The summed E-state index contributed by atoms with van der Waals surface area (Å²) in [6, 6.07) is 8.96. The molecule has 8 nitrogen and oxygen atoms in total. The van der Waals surface area contributed by atoms with Crippen LogP contribution in [0.3, 0.4) is 0 Å². The average Bonchev–Trinajstić information content (AvgIpc) is 2.80. The number of carbonyl (C=O) groups excluding carboxylic acids is 2. The molecule has 2 N–H and O–H groups in total. The molecular formula is C22H27ClN4O4S. The third-order valence-corrected chi connectivity index (χ3v) is 7.27. The van der Waals surface area contributed by atoms with Crippen LogP contribution >= 0.6 is 11.6 Å². The molecule has 3 rings (SSSR count). The van der Waals surface area contributed by atoms with E-state index in [9.17, 15) is 18.0 Å². The molecule has 32 heavy (non-hydrogen) atoms. The number of anilines is 1. The molecular weight excluding hydrogens is 452 g/mol. The highest BCUT2D eigenvalue weighted by atomic mass is 35.5. The van der Waals surface area contributed by atoms with Crippen LogP contribution in [0.5, 0.6) is 0 Å². The van der Waals surface area contributed by atoms with Gasteiger partial charge in [0.15, 0.2) is 0 Å². The van der Waals surface area contributed by atoms with Crippen LogP contribution in [0.15, 0.2) is 47.5 Å². The van der Waals surface area contributed by atoms with Crippen molar-refractivity contribution >= 4 is 39.3 Å². The number of hydrogen-bond donors (Lipinski definition) is 2. The van der Waals surface area contributed by atoms with Crippen molar-refractivity contribution in [2.45, 2.75) is 44.0 Å². The number of likely N-dealkylation sites (tertiary alicyclic amines) is 1. The molecule has 1 saturated heterocycles. The lowest BCUT2D eigenvalue weighted by atomic mass is 9.96. The summed E-state index contributed by atoms with van der Waals surface area (Å²) >= 11 is 5.82. The number of benzene rings is 1. The molecule has 2 unspecified atom stereocenters. The maximum Gasteiger partial charge on any atom is 0.253 e. The number of amides is 2. The highest BCUT2D eigenvalue weighted by Crippen LogP contribution is 2.21. The second-order valence-corrected chi connectivity index (χ2v) is 10.0. The largest absolute Gasteiger partial charge is 0.338 e. The Hall–Kier alpha value is -2.49. The zero-order valence-electron chi connectivity index (χ0n) is 18.0. The van der Waals surface area contributed by atoms with E-state index >= 15 is 0 Å². The Kier molecular flexibility index (Phi) is 7.86. The van der Waals surface area contributed by atoms with Gasteiger partial charge in [-0.05, 0) is 62.6 Å². The van der Waals surface area contributed by atoms with E-state index in [-0.39, 0.29) is 35.2 Å². The number of aromatic nitrogens is 1. The average molecular weight is 479 g/mol. The summed E-state index contributed by atoms with van der Waals surface area (Å²) in [5.41, 5.74) is 0.382. The lowest BCUT2D eigenvalue weighted by molar-refractivity contribution is -0.121. The fourth-order valence-electron chi connectivity index (χ4n) is 3.43. The molecule has 2 atom stereocenters. The van der Waals surface area contributed by atoms with Crippen molar-refractivity contribution in [1.29, 1.82) is 0 Å². The number of hydrogen-bond acceptors (Lipinski definition) is 5. The molecule has 1 aromatic heterocycles. The van der Waals surface area contributed by atoms with E-state index in [4.69, 9.17) is 11.6 Å². The van der Waals surface area contributed by atoms with E-state index in [2.05, 4.69) is 15.0 Å². The molecule has 0 saturated carbocycles. The quantitative estimate of drug-likeness (QED) is 0.634. The summed E-state index contributed by atoms with van der Waals surface area (Å²) in [6.45, 7) is 4.51. The second kappa shape index (κ2) is 10.4. The summed E-state index contributed by atoms with van der Waals surface area (Å²) in [5.74, 6) is -0.379. The summed E-state index contributed by atoms with van der Waals surface area (Å²) in [5, 5.41) is 3.24. The maximum absolute atomic E-state index is 13.0. The van der Waals surface area contributed by atoms with E-state index in [0.29, 0.717) is 42.2 Å². The first-order valence-corrected chi connectivity index (χ1v) is 12.4. The second-order valence-electron chi connectivity index (χ2n) is 7.90. The van der Waals surface area contributed by atoms with Crippen molar-refractivity contribution in [3.05, 3.63) is 53.2 Å². The van der Waals surface area contributed by atoms with Crippen molar-refractivity contribution < 1.29 is 18.0 Å². The van der Waals surface area contributed by atoms with Crippen LogP contribution in [0.2, 0.25) is 5.02 Å². The fourth-order valence-corrected chi connectivity index (χ4v) is 4.87. The van der Waals surface area contributed by atoms with Gasteiger partial charge < -0.3 is 10.2 Å². The minimum absolute atomic E-state index is 0.112. The van der Waals surface area contributed by atoms with Gasteiger partial charge in [-0.15, -0.1) is 0 Å². The Balaban J connectivity index is 1.64. The number of rotatable bonds is 7. The van der Waals surface area contributed by atoms with Crippen LogP contribution < -0.4 is 10.0 Å². The Morgan fingerprint density at radius 3 is 2.56 bits per heavy atom. The summed E-state index contributed by atoms with van der Waals surface area (Å²) in [7, 11) is -3.63. The van der Waals surface area contributed by atoms with Gasteiger partial charge in [0, 0.05) is 30.9 Å². The van der Waals surface area contributed by atoms with Gasteiger partial charge in [-0.25, -0.2) is 18.1 Å². The van der Waals surface area contributed by atoms with Crippen molar-refractivity contribution in [2.24, 2.45) is 5.92 Å². The van der Waals surface area contributed by atoms with Gasteiger partial charge in [0.25, 0.3) is 5.91 Å². The number of halogens is 1. The van der Waals surface area contributed by atoms with Crippen LogP contribution in [0, 0.1) is 5.92 Å². The van der Waals surface area contributed by atoms with Gasteiger partial charge in [-0.3, -0.25) is 9.59 Å². The lowest BCUT2D eigenvalue weighted by Gasteiger charge is -2.32. The van der Waals surface area contributed by atoms with Gasteiger partial charge in [-0.2, -0.15) is 0 Å². The summed E-state index contributed by atoms with van der Waals surface area (Å²) in [6.07, 6.45) is 3.49. The van der Waals surface area contributed by atoms with E-state index in [1.54, 1.807) is 24.0 Å². The van der Waals surface area contributed by atoms with Crippen molar-refractivity contribution in [3.63, 3.8) is 0 Å². The summed E-state index contributed by atoms with van der Waals surface area (Å²) in [4.78, 5) is 31.4. The standard InChI is InChI=1S/C22H27ClN4O4S/c1-3-15(2)26-32(30,31)19-9-6-16(7-10-19)22(29)27-12-4-5-17(14-27)21(28)25-20-11-8-18(23)13-24-20/h6-11,13,15,17,26H,3-5,12,14H2,1-2H3,(H,24,25,28). The molecule has 2 amide bonds. The third kappa shape index (κ3) is 6.05. The van der Waals surface area contributed by atoms with E-state index in [1.165, 1.54) is 30.5 Å². The number of nitrogens with one attached hydrogen (secondary N) is 2. The first kappa shape index (κ1) is 24.2. The first-order chi connectivity index (χ1) is 15.2. The van der Waals surface area contributed by atoms with Gasteiger partial charge in [0.1, 0.15) is 5.82 Å². The first-order valence-electron chi connectivity index (χ1n) is 10.5. The lowest BCUT2D eigenvalue weighted by Crippen LogP contribution is -2.43. The monoisotopic (exact) mass is 478 g/mol. The van der Waals surface area contributed by atoms with Crippen LogP contribution in [0.25, 0.3) is 0 Å². The highest BCUT2D eigenvalue weighted by Gasteiger charge is 2.29. The Labute approximate surface area is 193 Å². The Morgan fingerprint density at radius 2 is 1.94 bits per heavy atom. The van der Waals surface area contributed by atoms with Crippen molar-refractivity contribution in [3.8, 4) is 0 Å². The third-order valence-electron chi connectivity index (χ3n) is 5.44. The minimum atomic E-state index is -3.63. The molecule has 1 fully saturated rings.